The van der Waals surface area contributed by atoms with Crippen LogP contribution in [0.2, 0.25) is 5.02 Å². The van der Waals surface area contributed by atoms with Gasteiger partial charge in [0.2, 0.25) is 11.8 Å². The SMILES string of the molecule is Cc1cc(OC[C@@]2(CC(=O)N3CCOCC3)CN(C(=O)CCCn3cccn3)CCO2)ccc1Cl. The first-order valence-electron chi connectivity index (χ1n) is 12.1. The Balaban J connectivity index is 1.43. The maximum absolute atomic E-state index is 13.2. The molecule has 2 aliphatic rings. The predicted octanol–water partition coefficient (Wildman–Crippen LogP) is 2.55. The number of carbonyl (C=O) groups excluding carboxylic acids is 2. The molecule has 1 atom stereocenters. The Labute approximate surface area is 210 Å². The summed E-state index contributed by atoms with van der Waals surface area (Å²) >= 11 is 6.15. The topological polar surface area (TPSA) is 86.1 Å². The molecule has 2 amide bonds. The standard InChI is InChI=1S/C25H33ClN4O5/c1-20-16-21(5-6-22(20)26)34-19-25(17-24(32)28-10-13-33-14-11-28)18-29(12-15-35-25)23(31)4-2-8-30-9-3-7-27-30/h3,5-7,9,16H,2,4,8,10-15,17-19H2,1H3/t25-/m1/s1. The van der Waals surface area contributed by atoms with Crippen LogP contribution in [0.3, 0.4) is 0 Å². The first-order valence-corrected chi connectivity index (χ1v) is 12.5. The van der Waals surface area contributed by atoms with Gasteiger partial charge in [-0.1, -0.05) is 11.6 Å². The van der Waals surface area contributed by atoms with Crippen LogP contribution < -0.4 is 4.74 Å². The molecule has 10 heteroatoms. The van der Waals surface area contributed by atoms with Gasteiger partial charge in [-0.2, -0.15) is 5.10 Å². The minimum absolute atomic E-state index is 0.0165. The number of morpholine rings is 2. The van der Waals surface area contributed by atoms with Crippen molar-refractivity contribution in [3.63, 3.8) is 0 Å². The highest BCUT2D eigenvalue weighted by molar-refractivity contribution is 6.31. The van der Waals surface area contributed by atoms with Crippen molar-refractivity contribution in [1.82, 2.24) is 19.6 Å². The Morgan fingerprint density at radius 2 is 1.94 bits per heavy atom. The van der Waals surface area contributed by atoms with E-state index in [2.05, 4.69) is 5.10 Å². The molecule has 0 radical (unpaired) electrons. The average Bonchev–Trinajstić information content (AvgIpc) is 3.39. The Bertz CT molecular complexity index is 996. The van der Waals surface area contributed by atoms with Gasteiger partial charge in [-0.3, -0.25) is 14.3 Å². The van der Waals surface area contributed by atoms with Gasteiger partial charge in [0.05, 0.1) is 32.8 Å². The van der Waals surface area contributed by atoms with Gasteiger partial charge < -0.3 is 24.0 Å². The smallest absolute Gasteiger partial charge is 0.225 e. The quantitative estimate of drug-likeness (QED) is 0.521. The van der Waals surface area contributed by atoms with E-state index in [0.29, 0.717) is 76.2 Å². The number of halogens is 1. The second kappa shape index (κ2) is 11.9. The molecule has 3 heterocycles. The van der Waals surface area contributed by atoms with E-state index in [1.165, 1.54) is 0 Å². The zero-order chi connectivity index (χ0) is 24.7. The van der Waals surface area contributed by atoms with Crippen molar-refractivity contribution >= 4 is 23.4 Å². The van der Waals surface area contributed by atoms with Crippen LogP contribution >= 0.6 is 11.6 Å². The summed E-state index contributed by atoms with van der Waals surface area (Å²) in [6, 6.07) is 7.31. The molecule has 0 aliphatic carbocycles. The number of ether oxygens (including phenoxy) is 3. The number of nitrogens with zero attached hydrogens (tertiary/aromatic N) is 4. The molecule has 0 unspecified atom stereocenters. The molecular formula is C25H33ClN4O5. The molecule has 0 N–H and O–H groups in total. The Morgan fingerprint density at radius 1 is 1.14 bits per heavy atom. The molecule has 2 aliphatic heterocycles. The van der Waals surface area contributed by atoms with Crippen molar-refractivity contribution < 1.29 is 23.8 Å². The fraction of sp³-hybridized carbons (Fsp3) is 0.560. The lowest BCUT2D eigenvalue weighted by atomic mass is 9.96. The highest BCUT2D eigenvalue weighted by Gasteiger charge is 2.42. The van der Waals surface area contributed by atoms with Crippen LogP contribution in [0.25, 0.3) is 0 Å². The van der Waals surface area contributed by atoms with Crippen LogP contribution in [0.1, 0.15) is 24.8 Å². The molecule has 2 fully saturated rings. The molecule has 1 aromatic heterocycles. The van der Waals surface area contributed by atoms with E-state index < -0.39 is 5.60 Å². The second-order valence-corrected chi connectivity index (χ2v) is 9.50. The van der Waals surface area contributed by atoms with Crippen LogP contribution in [0.4, 0.5) is 0 Å². The predicted molar refractivity (Wildman–Crippen MR) is 130 cm³/mol. The summed E-state index contributed by atoms with van der Waals surface area (Å²) in [5.74, 6) is 0.680. The van der Waals surface area contributed by atoms with Crippen molar-refractivity contribution in [2.45, 2.75) is 38.3 Å². The maximum Gasteiger partial charge on any atom is 0.225 e. The van der Waals surface area contributed by atoms with Crippen LogP contribution in [-0.2, 0) is 25.6 Å². The number of hydrogen-bond donors (Lipinski definition) is 0. The van der Waals surface area contributed by atoms with Gasteiger partial charge in [-0.05, 0) is 43.2 Å². The third kappa shape index (κ3) is 6.96. The number of aryl methyl sites for hydroxylation is 2. The minimum Gasteiger partial charge on any atom is -0.490 e. The number of hydrogen-bond acceptors (Lipinski definition) is 6. The van der Waals surface area contributed by atoms with Gasteiger partial charge in [-0.25, -0.2) is 0 Å². The second-order valence-electron chi connectivity index (χ2n) is 9.09. The van der Waals surface area contributed by atoms with Crippen molar-refractivity contribution in [2.75, 3.05) is 52.6 Å². The largest absolute Gasteiger partial charge is 0.490 e. The van der Waals surface area contributed by atoms with Crippen LogP contribution in [-0.4, -0.2) is 89.6 Å². The van der Waals surface area contributed by atoms with Crippen molar-refractivity contribution in [3.05, 3.63) is 47.2 Å². The number of amides is 2. The number of aromatic nitrogens is 2. The summed E-state index contributed by atoms with van der Waals surface area (Å²) in [6.07, 6.45) is 4.85. The number of rotatable bonds is 9. The van der Waals surface area contributed by atoms with Crippen LogP contribution in [0.5, 0.6) is 5.75 Å². The molecule has 9 nitrogen and oxygen atoms in total. The van der Waals surface area contributed by atoms with Crippen molar-refractivity contribution in [3.8, 4) is 5.75 Å². The molecule has 0 saturated carbocycles. The first kappa shape index (κ1) is 25.5. The summed E-state index contributed by atoms with van der Waals surface area (Å²) in [4.78, 5) is 29.8. The summed E-state index contributed by atoms with van der Waals surface area (Å²) in [5, 5.41) is 4.85. The van der Waals surface area contributed by atoms with E-state index in [9.17, 15) is 9.59 Å². The van der Waals surface area contributed by atoms with Gasteiger partial charge in [-0.15, -0.1) is 0 Å². The fourth-order valence-corrected chi connectivity index (χ4v) is 4.53. The third-order valence-corrected chi connectivity index (χ3v) is 6.83. The maximum atomic E-state index is 13.2. The molecule has 0 bridgehead atoms. The number of benzene rings is 1. The zero-order valence-corrected chi connectivity index (χ0v) is 20.9. The monoisotopic (exact) mass is 504 g/mol. The lowest BCUT2D eigenvalue weighted by Gasteiger charge is -2.43. The molecule has 2 saturated heterocycles. The molecule has 35 heavy (non-hydrogen) atoms. The minimum atomic E-state index is -0.932. The normalized spacial score (nSPS) is 20.6. The molecule has 1 aromatic carbocycles. The molecule has 0 spiro atoms. The third-order valence-electron chi connectivity index (χ3n) is 6.41. The van der Waals surface area contributed by atoms with Gasteiger partial charge in [0.1, 0.15) is 18.0 Å². The first-order chi connectivity index (χ1) is 16.9. The molecular weight excluding hydrogens is 472 g/mol. The molecule has 2 aromatic rings. The van der Waals surface area contributed by atoms with Crippen molar-refractivity contribution in [2.24, 2.45) is 0 Å². The van der Waals surface area contributed by atoms with E-state index >= 15 is 0 Å². The summed E-state index contributed by atoms with van der Waals surface area (Å²) < 4.78 is 19.5. The highest BCUT2D eigenvalue weighted by Crippen LogP contribution is 2.28. The fourth-order valence-electron chi connectivity index (χ4n) is 4.41. The molecule has 4 rings (SSSR count). The van der Waals surface area contributed by atoms with E-state index in [4.69, 9.17) is 25.8 Å². The van der Waals surface area contributed by atoms with E-state index in [1.54, 1.807) is 28.1 Å². The molecule has 190 valence electrons. The van der Waals surface area contributed by atoms with Crippen LogP contribution in [0.15, 0.2) is 36.7 Å². The average molecular weight is 505 g/mol. The Hall–Kier alpha value is -2.62. The van der Waals surface area contributed by atoms with Crippen LogP contribution in [0, 0.1) is 6.92 Å². The van der Waals surface area contributed by atoms with E-state index in [0.717, 1.165) is 5.56 Å². The summed E-state index contributed by atoms with van der Waals surface area (Å²) in [7, 11) is 0. The summed E-state index contributed by atoms with van der Waals surface area (Å²) in [6.45, 7) is 6.07. The van der Waals surface area contributed by atoms with Gasteiger partial charge >= 0.3 is 0 Å². The van der Waals surface area contributed by atoms with E-state index in [-0.39, 0.29) is 24.8 Å². The summed E-state index contributed by atoms with van der Waals surface area (Å²) in [5.41, 5.74) is -0.0279. The van der Waals surface area contributed by atoms with Gasteiger partial charge in [0, 0.05) is 50.0 Å². The van der Waals surface area contributed by atoms with E-state index in [1.807, 2.05) is 29.9 Å². The Morgan fingerprint density at radius 3 is 2.69 bits per heavy atom. The van der Waals surface area contributed by atoms with Gasteiger partial charge in [0.25, 0.3) is 0 Å². The van der Waals surface area contributed by atoms with Crippen molar-refractivity contribution in [1.29, 1.82) is 0 Å². The lowest BCUT2D eigenvalue weighted by molar-refractivity contribution is -0.167. The number of carbonyl (C=O) groups is 2. The van der Waals surface area contributed by atoms with Gasteiger partial charge in [0.15, 0.2) is 0 Å². The highest BCUT2D eigenvalue weighted by atomic mass is 35.5. The lowest BCUT2D eigenvalue weighted by Crippen LogP contribution is -2.58. The zero-order valence-electron chi connectivity index (χ0n) is 20.2. The Kier molecular flexibility index (Phi) is 8.64.